The minimum absolute atomic E-state index is 0.114. The number of anilines is 4. The highest BCUT2D eigenvalue weighted by Crippen LogP contribution is 2.40. The maximum atomic E-state index is 14.6. The fourth-order valence-corrected chi connectivity index (χ4v) is 7.91. The molecule has 0 atom stereocenters. The average molecular weight is 681 g/mol. The van der Waals surface area contributed by atoms with Crippen LogP contribution < -0.4 is 19.8 Å². The zero-order valence-corrected chi connectivity index (χ0v) is 29.1. The average Bonchev–Trinajstić information content (AvgIpc) is 3.56. The summed E-state index contributed by atoms with van der Waals surface area (Å²) in [5, 5.41) is 5.68. The predicted octanol–water partition coefficient (Wildman–Crippen LogP) is 7.23. The highest BCUT2D eigenvalue weighted by molar-refractivity contribution is 7.94. The van der Waals surface area contributed by atoms with Crippen molar-refractivity contribution in [2.45, 2.75) is 65.2 Å². The Balaban J connectivity index is 1.58. The van der Waals surface area contributed by atoms with Crippen LogP contribution in [0.25, 0.3) is 0 Å². The molecule has 6 rings (SSSR count). The van der Waals surface area contributed by atoms with Gasteiger partial charge in [0.1, 0.15) is 0 Å². The highest BCUT2D eigenvalue weighted by atomic mass is 32.2. The molecule has 2 heterocycles. The number of amides is 2. The number of amidine groups is 1. The van der Waals surface area contributed by atoms with Gasteiger partial charge in [0.2, 0.25) is 11.8 Å². The maximum absolute atomic E-state index is 14.6. The van der Waals surface area contributed by atoms with E-state index in [1.807, 2.05) is 32.0 Å². The van der Waals surface area contributed by atoms with Gasteiger partial charge in [-0.3, -0.25) is 9.59 Å². The third kappa shape index (κ3) is 6.60. The van der Waals surface area contributed by atoms with Gasteiger partial charge in [-0.1, -0.05) is 18.2 Å². The first-order valence-electron chi connectivity index (χ1n) is 16.5. The van der Waals surface area contributed by atoms with Crippen LogP contribution in [0.15, 0.2) is 86.2 Å². The van der Waals surface area contributed by atoms with Gasteiger partial charge < -0.3 is 20.0 Å². The summed E-state index contributed by atoms with van der Waals surface area (Å²) in [7, 11) is -4.28. The van der Waals surface area contributed by atoms with Crippen molar-refractivity contribution in [3.8, 4) is 0 Å². The van der Waals surface area contributed by atoms with Gasteiger partial charge in [-0.15, -0.1) is 0 Å². The number of sulfonamides is 1. The van der Waals surface area contributed by atoms with Gasteiger partial charge in [0.25, 0.3) is 15.9 Å². The largest absolute Gasteiger partial charge is 0.445 e. The third-order valence-electron chi connectivity index (χ3n) is 8.82. The first-order valence-corrected chi connectivity index (χ1v) is 17.9. The molecule has 0 spiro atoms. The minimum Gasteiger partial charge on any atom is -0.445 e. The SMILES string of the molecule is CCN(CC)c1ccc(/N=C(\C(=O)Nc2cc(NC(C)=O)ccc2C)C2=Nc3occc3S(=O)(=O)N2c2cccc(C)c2)c2c1CCCC2. The van der Waals surface area contributed by atoms with E-state index in [1.165, 1.54) is 24.8 Å². The number of aryl methyl sites for hydroxylation is 2. The summed E-state index contributed by atoms with van der Waals surface area (Å²) in [6.45, 7) is 11.0. The van der Waals surface area contributed by atoms with Crippen LogP contribution in [0.2, 0.25) is 0 Å². The van der Waals surface area contributed by atoms with Crippen molar-refractivity contribution in [1.82, 2.24) is 0 Å². The quantitative estimate of drug-likeness (QED) is 0.179. The second-order valence-corrected chi connectivity index (χ2v) is 14.0. The summed E-state index contributed by atoms with van der Waals surface area (Å²) >= 11 is 0. The number of benzene rings is 3. The Hall–Kier alpha value is -5.23. The van der Waals surface area contributed by atoms with Crippen LogP contribution in [0, 0.1) is 13.8 Å². The first kappa shape index (κ1) is 33.7. The molecule has 2 amide bonds. The fraction of sp³-hybridized carbons (Fsp3) is 0.297. The lowest BCUT2D eigenvalue weighted by Crippen LogP contribution is -2.47. The van der Waals surface area contributed by atoms with Crippen molar-refractivity contribution in [2.75, 3.05) is 32.9 Å². The summed E-state index contributed by atoms with van der Waals surface area (Å²) in [5.74, 6) is -1.27. The molecule has 3 aromatic carbocycles. The molecule has 0 saturated carbocycles. The molecule has 1 aliphatic carbocycles. The molecular weight excluding hydrogens is 641 g/mol. The van der Waals surface area contributed by atoms with E-state index < -0.39 is 15.9 Å². The van der Waals surface area contributed by atoms with E-state index >= 15 is 0 Å². The minimum atomic E-state index is -4.28. The summed E-state index contributed by atoms with van der Waals surface area (Å²) in [6, 6.07) is 17.4. The van der Waals surface area contributed by atoms with E-state index in [9.17, 15) is 18.0 Å². The van der Waals surface area contributed by atoms with Gasteiger partial charge in [-0.2, -0.15) is 4.99 Å². The van der Waals surface area contributed by atoms with Gasteiger partial charge in [-0.05, 0) is 118 Å². The second kappa shape index (κ2) is 13.7. The number of carbonyl (C=O) groups excluding carboxylic acids is 2. The smallest absolute Gasteiger partial charge is 0.278 e. The molecule has 4 aromatic rings. The molecule has 0 fully saturated rings. The number of carbonyl (C=O) groups is 2. The molecule has 2 N–H and O–H groups in total. The summed E-state index contributed by atoms with van der Waals surface area (Å²) in [6.07, 6.45) is 4.92. The van der Waals surface area contributed by atoms with E-state index in [1.54, 1.807) is 36.4 Å². The standard InChI is InChI=1S/C37H40N6O5S/c1-6-42(7-2)32-18-17-30(28-13-8-9-14-29(28)32)39-34(36(45)40-31-22-26(38-25(5)44)16-15-24(31)4)35-41-37-33(19-20-48-37)49(46,47)43(35)27-12-10-11-23(3)21-27/h10-12,15-22H,6-9,13-14H2,1-5H3,(H,38,44)(H,40,45)/b39-34-. The van der Waals surface area contributed by atoms with Crippen LogP contribution in [-0.2, 0) is 32.5 Å². The molecule has 49 heavy (non-hydrogen) atoms. The molecule has 0 bridgehead atoms. The lowest BCUT2D eigenvalue weighted by Gasteiger charge is -2.30. The summed E-state index contributed by atoms with van der Waals surface area (Å²) in [4.78, 5) is 38.2. The Morgan fingerprint density at radius 1 is 0.959 bits per heavy atom. The molecule has 254 valence electrons. The van der Waals surface area contributed by atoms with E-state index in [4.69, 9.17) is 9.41 Å². The number of fused-ring (bicyclic) bond motifs is 2. The van der Waals surface area contributed by atoms with Crippen molar-refractivity contribution >= 4 is 67.7 Å². The monoisotopic (exact) mass is 680 g/mol. The van der Waals surface area contributed by atoms with Gasteiger partial charge >= 0.3 is 0 Å². The van der Waals surface area contributed by atoms with Crippen LogP contribution in [0.4, 0.5) is 34.3 Å². The number of hydrogen-bond donors (Lipinski definition) is 2. The summed E-state index contributed by atoms with van der Waals surface area (Å²) < 4.78 is 35.2. The van der Waals surface area contributed by atoms with E-state index in [0.29, 0.717) is 22.7 Å². The lowest BCUT2D eigenvalue weighted by molar-refractivity contribution is -0.114. The Morgan fingerprint density at radius 3 is 2.43 bits per heavy atom. The van der Waals surface area contributed by atoms with Gasteiger partial charge in [-0.25, -0.2) is 17.7 Å². The summed E-state index contributed by atoms with van der Waals surface area (Å²) in [5.41, 5.74) is 6.50. The van der Waals surface area contributed by atoms with Crippen molar-refractivity contribution in [1.29, 1.82) is 0 Å². The van der Waals surface area contributed by atoms with Gasteiger partial charge in [0.05, 0.1) is 17.6 Å². The highest BCUT2D eigenvalue weighted by Gasteiger charge is 2.41. The molecule has 2 aliphatic rings. The topological polar surface area (TPSA) is 137 Å². The number of nitrogens with one attached hydrogen (secondary N) is 2. The second-order valence-electron chi connectivity index (χ2n) is 12.2. The Labute approximate surface area is 286 Å². The Morgan fingerprint density at radius 2 is 1.71 bits per heavy atom. The van der Waals surface area contributed by atoms with Crippen LogP contribution in [0.5, 0.6) is 0 Å². The third-order valence-corrected chi connectivity index (χ3v) is 10.5. The fourth-order valence-electron chi connectivity index (χ4n) is 6.42. The number of furan rings is 1. The van der Waals surface area contributed by atoms with Crippen LogP contribution in [0.3, 0.4) is 0 Å². The zero-order valence-electron chi connectivity index (χ0n) is 28.3. The number of nitrogens with zero attached hydrogens (tertiary/aromatic N) is 4. The normalized spacial score (nSPS) is 15.2. The molecule has 1 aromatic heterocycles. The predicted molar refractivity (Wildman–Crippen MR) is 194 cm³/mol. The molecule has 11 nitrogen and oxygen atoms in total. The van der Waals surface area contributed by atoms with Gasteiger partial charge in [0, 0.05) is 37.1 Å². The van der Waals surface area contributed by atoms with Crippen molar-refractivity contribution < 1.29 is 22.4 Å². The van der Waals surface area contributed by atoms with Crippen molar-refractivity contribution in [3.63, 3.8) is 0 Å². The molecule has 0 saturated heterocycles. The molecule has 0 radical (unpaired) electrons. The van der Waals surface area contributed by atoms with Crippen LogP contribution in [-0.4, -0.2) is 44.9 Å². The number of rotatable bonds is 9. The maximum Gasteiger partial charge on any atom is 0.278 e. The van der Waals surface area contributed by atoms with Crippen molar-refractivity contribution in [2.24, 2.45) is 9.98 Å². The molecule has 0 unspecified atom stereocenters. The van der Waals surface area contributed by atoms with Crippen LogP contribution >= 0.6 is 0 Å². The van der Waals surface area contributed by atoms with Crippen molar-refractivity contribution in [3.05, 3.63) is 89.2 Å². The molecular formula is C37H40N6O5S. The van der Waals surface area contributed by atoms with E-state index in [0.717, 1.165) is 65.5 Å². The first-order chi connectivity index (χ1) is 23.5. The van der Waals surface area contributed by atoms with E-state index in [-0.39, 0.29) is 28.2 Å². The zero-order chi connectivity index (χ0) is 34.9. The Kier molecular flexibility index (Phi) is 9.42. The van der Waals surface area contributed by atoms with E-state index in [2.05, 4.69) is 34.4 Å². The van der Waals surface area contributed by atoms with Crippen LogP contribution in [0.1, 0.15) is 55.9 Å². The molecule has 1 aliphatic heterocycles. The molecule has 12 heteroatoms. The number of aliphatic imine (C=N–C) groups is 2. The lowest BCUT2D eigenvalue weighted by atomic mass is 9.88. The number of hydrogen-bond acceptors (Lipinski definition) is 8. The van der Waals surface area contributed by atoms with Gasteiger partial charge in [0.15, 0.2) is 16.4 Å². The Bertz CT molecular complexity index is 2110.